The van der Waals surface area contributed by atoms with Gasteiger partial charge in [0.2, 0.25) is 0 Å². The van der Waals surface area contributed by atoms with Gasteiger partial charge < -0.3 is 5.11 Å². The van der Waals surface area contributed by atoms with Crippen molar-refractivity contribution in [3.8, 4) is 5.75 Å². The molecule has 1 heteroatoms. The van der Waals surface area contributed by atoms with Crippen molar-refractivity contribution in [1.82, 2.24) is 0 Å². The van der Waals surface area contributed by atoms with Crippen LogP contribution in [-0.4, -0.2) is 5.11 Å². The molecule has 0 spiro atoms. The summed E-state index contributed by atoms with van der Waals surface area (Å²) in [6.07, 6.45) is 2.08. The highest BCUT2D eigenvalue weighted by Gasteiger charge is 2.44. The Hall–Kier alpha value is -2.54. The smallest absolute Gasteiger partial charge is 0.123 e. The summed E-state index contributed by atoms with van der Waals surface area (Å²) in [4.78, 5) is 0. The minimum atomic E-state index is -0.272. The predicted octanol–water partition coefficient (Wildman–Crippen LogP) is 9.86. The van der Waals surface area contributed by atoms with Gasteiger partial charge in [-0.25, -0.2) is 0 Å². The third-order valence-electron chi connectivity index (χ3n) is 8.62. The maximum absolute atomic E-state index is 11.6. The van der Waals surface area contributed by atoms with Crippen LogP contribution in [0, 0.1) is 0 Å². The van der Waals surface area contributed by atoms with Crippen LogP contribution in [0.25, 0.3) is 0 Å². The quantitative estimate of drug-likeness (QED) is 0.364. The molecule has 38 heavy (non-hydrogen) atoms. The maximum Gasteiger partial charge on any atom is 0.123 e. The van der Waals surface area contributed by atoms with E-state index < -0.39 is 0 Å². The van der Waals surface area contributed by atoms with Gasteiger partial charge in [-0.15, -0.1) is 0 Å². The first-order valence-corrected chi connectivity index (χ1v) is 14.4. The van der Waals surface area contributed by atoms with Gasteiger partial charge in [0.25, 0.3) is 0 Å². The number of hydrogen-bond donors (Lipinski definition) is 1. The van der Waals surface area contributed by atoms with Crippen molar-refractivity contribution in [3.63, 3.8) is 0 Å². The lowest BCUT2D eigenvalue weighted by molar-refractivity contribution is 0.421. The second-order valence-electron chi connectivity index (χ2n) is 15.8. The molecule has 0 aromatic heterocycles. The van der Waals surface area contributed by atoms with Crippen molar-refractivity contribution >= 4 is 0 Å². The number of aromatic hydroxyl groups is 1. The third kappa shape index (κ3) is 4.94. The summed E-state index contributed by atoms with van der Waals surface area (Å²) < 4.78 is 0. The summed E-state index contributed by atoms with van der Waals surface area (Å²) in [5.74, 6) is 0.453. The van der Waals surface area contributed by atoms with Gasteiger partial charge in [0.05, 0.1) is 0 Å². The van der Waals surface area contributed by atoms with E-state index in [1.54, 1.807) is 0 Å². The van der Waals surface area contributed by atoms with E-state index >= 15 is 0 Å². The molecular formula is C37H50O. The molecule has 4 rings (SSSR count). The molecule has 0 fully saturated rings. The van der Waals surface area contributed by atoms with E-state index in [1.165, 1.54) is 33.4 Å². The van der Waals surface area contributed by atoms with Crippen LogP contribution in [0.15, 0.2) is 54.6 Å². The minimum absolute atomic E-state index is 0.0391. The van der Waals surface area contributed by atoms with E-state index in [-0.39, 0.29) is 27.1 Å². The van der Waals surface area contributed by atoms with Gasteiger partial charge in [-0.3, -0.25) is 0 Å². The molecule has 1 unspecified atom stereocenters. The number of rotatable bonds is 2. The number of benzene rings is 3. The molecule has 1 N–H and O–H groups in total. The first-order chi connectivity index (χ1) is 17.3. The van der Waals surface area contributed by atoms with Crippen LogP contribution in [0.1, 0.15) is 134 Å². The van der Waals surface area contributed by atoms with Gasteiger partial charge in [-0.1, -0.05) is 138 Å². The lowest BCUT2D eigenvalue weighted by Crippen LogP contribution is -2.30. The van der Waals surface area contributed by atoms with Gasteiger partial charge in [0.1, 0.15) is 5.75 Å². The van der Waals surface area contributed by atoms with Crippen molar-refractivity contribution in [2.75, 3.05) is 0 Å². The minimum Gasteiger partial charge on any atom is -0.507 e. The van der Waals surface area contributed by atoms with Gasteiger partial charge in [-0.05, 0) is 79.0 Å². The summed E-state index contributed by atoms with van der Waals surface area (Å²) in [5.41, 5.74) is 9.83. The summed E-state index contributed by atoms with van der Waals surface area (Å²) in [5, 5.41) is 11.6. The average Bonchev–Trinajstić information content (AvgIpc) is 3.17. The van der Waals surface area contributed by atoms with E-state index in [9.17, 15) is 5.11 Å². The second-order valence-corrected chi connectivity index (χ2v) is 15.8. The molecule has 3 aromatic carbocycles. The molecule has 1 aliphatic carbocycles. The van der Waals surface area contributed by atoms with E-state index in [4.69, 9.17) is 0 Å². The van der Waals surface area contributed by atoms with E-state index in [0.29, 0.717) is 5.75 Å². The highest BCUT2D eigenvalue weighted by Crippen LogP contribution is 2.53. The SMILES string of the molecule is CC(C)(C)c1cc(C(C)(C)C)cc(C2(c3cc(C(C)(C)C)c(O)c(C(C)(C)C)c3)CCc3ccccc32)c1. The zero-order valence-electron chi connectivity index (χ0n) is 26.1. The molecule has 0 amide bonds. The van der Waals surface area contributed by atoms with Crippen molar-refractivity contribution in [2.45, 2.75) is 123 Å². The number of aryl methyl sites for hydroxylation is 1. The Morgan fingerprint density at radius 2 is 1.03 bits per heavy atom. The van der Waals surface area contributed by atoms with Crippen LogP contribution >= 0.6 is 0 Å². The van der Waals surface area contributed by atoms with Crippen molar-refractivity contribution < 1.29 is 5.11 Å². The molecule has 0 aliphatic heterocycles. The first kappa shape index (κ1) is 28.5. The van der Waals surface area contributed by atoms with Gasteiger partial charge in [-0.2, -0.15) is 0 Å². The molecule has 3 aromatic rings. The monoisotopic (exact) mass is 510 g/mol. The maximum atomic E-state index is 11.6. The van der Waals surface area contributed by atoms with Crippen LogP contribution in [0.5, 0.6) is 5.75 Å². The lowest BCUT2D eigenvalue weighted by atomic mass is 9.65. The van der Waals surface area contributed by atoms with Crippen molar-refractivity contribution in [3.05, 3.63) is 99.1 Å². The zero-order valence-corrected chi connectivity index (χ0v) is 26.1. The molecule has 204 valence electrons. The fraction of sp³-hybridized carbons (Fsp3) is 0.514. The molecule has 0 saturated heterocycles. The van der Waals surface area contributed by atoms with Crippen LogP contribution < -0.4 is 0 Å². The standard InChI is InChI=1S/C37H50O/c1-33(2,3)25-19-26(34(4,5)6)21-27(20-25)37(18-17-24-15-13-14-16-29(24)37)28-22-30(35(7,8)9)32(38)31(23-28)36(10,11)12/h13-16,19-23,38H,17-18H2,1-12H3. The largest absolute Gasteiger partial charge is 0.507 e. The van der Waals surface area contributed by atoms with E-state index in [2.05, 4.69) is 138 Å². The summed E-state index contributed by atoms with van der Waals surface area (Å²) in [6.45, 7) is 27.2. The average molecular weight is 511 g/mol. The predicted molar refractivity (Wildman–Crippen MR) is 164 cm³/mol. The molecule has 0 heterocycles. The highest BCUT2D eigenvalue weighted by atomic mass is 16.3. The lowest BCUT2D eigenvalue weighted by Gasteiger charge is -2.38. The fourth-order valence-electron chi connectivity index (χ4n) is 6.14. The topological polar surface area (TPSA) is 20.2 Å². The summed E-state index contributed by atoms with van der Waals surface area (Å²) in [7, 11) is 0. The summed E-state index contributed by atoms with van der Waals surface area (Å²) >= 11 is 0. The van der Waals surface area contributed by atoms with Gasteiger partial charge in [0.15, 0.2) is 0 Å². The zero-order chi connectivity index (χ0) is 28.5. The Bertz CT molecular complexity index is 1280. The Balaban J connectivity index is 2.18. The van der Waals surface area contributed by atoms with Crippen LogP contribution in [0.4, 0.5) is 0 Å². The molecule has 1 atom stereocenters. The molecule has 0 bridgehead atoms. The molecule has 0 saturated carbocycles. The van der Waals surface area contributed by atoms with Crippen molar-refractivity contribution in [2.24, 2.45) is 0 Å². The Labute approximate surface area is 232 Å². The number of phenols is 1. The number of fused-ring (bicyclic) bond motifs is 1. The Morgan fingerprint density at radius 1 is 0.579 bits per heavy atom. The Morgan fingerprint density at radius 3 is 1.47 bits per heavy atom. The summed E-state index contributed by atoms with van der Waals surface area (Å²) in [6, 6.07) is 21.1. The fourth-order valence-corrected chi connectivity index (χ4v) is 6.14. The normalized spacial score (nSPS) is 18.5. The third-order valence-corrected chi connectivity index (χ3v) is 8.62. The molecule has 1 nitrogen and oxygen atoms in total. The molecule has 1 aliphatic rings. The van der Waals surface area contributed by atoms with Crippen LogP contribution in [-0.2, 0) is 33.5 Å². The highest BCUT2D eigenvalue weighted by molar-refractivity contribution is 5.62. The van der Waals surface area contributed by atoms with Gasteiger partial charge in [0, 0.05) is 5.41 Å². The van der Waals surface area contributed by atoms with E-state index in [0.717, 1.165) is 24.0 Å². The van der Waals surface area contributed by atoms with E-state index in [1.807, 2.05) is 0 Å². The molecular weight excluding hydrogens is 460 g/mol. The number of phenolic OH excluding ortho intramolecular Hbond substituents is 1. The second kappa shape index (κ2) is 9.00. The Kier molecular flexibility index (Phi) is 6.75. The van der Waals surface area contributed by atoms with Crippen molar-refractivity contribution in [1.29, 1.82) is 0 Å². The van der Waals surface area contributed by atoms with Crippen LogP contribution in [0.3, 0.4) is 0 Å². The van der Waals surface area contributed by atoms with Gasteiger partial charge >= 0.3 is 0 Å². The molecule has 0 radical (unpaired) electrons. The van der Waals surface area contributed by atoms with Crippen LogP contribution in [0.2, 0.25) is 0 Å². The number of hydrogen-bond acceptors (Lipinski definition) is 1. The first-order valence-electron chi connectivity index (χ1n) is 14.4.